The predicted molar refractivity (Wildman–Crippen MR) is 205 cm³/mol. The number of hydrogen-bond donors (Lipinski definition) is 0. The Kier molecular flexibility index (Phi) is 5.97. The van der Waals surface area contributed by atoms with E-state index < -0.39 is 0 Å². The summed E-state index contributed by atoms with van der Waals surface area (Å²) in [5, 5.41) is 21.3. The molecule has 10 rings (SSSR count). The van der Waals surface area contributed by atoms with Gasteiger partial charge in [0, 0.05) is 32.7 Å². The Morgan fingerprint density at radius 1 is 0.367 bits per heavy atom. The third-order valence-corrected chi connectivity index (χ3v) is 10.1. The fourth-order valence-corrected chi connectivity index (χ4v) is 8.04. The van der Waals surface area contributed by atoms with Crippen LogP contribution in [0.25, 0.3) is 98.4 Å². The van der Waals surface area contributed by atoms with Gasteiger partial charge in [-0.1, -0.05) is 152 Å². The number of nitriles is 1. The minimum absolute atomic E-state index is 0.703. The number of hydrogen-bond acceptors (Lipinski definition) is 2. The van der Waals surface area contributed by atoms with Crippen molar-refractivity contribution in [1.82, 2.24) is 0 Å². The highest BCUT2D eigenvalue weighted by Crippen LogP contribution is 2.46. The highest BCUT2D eigenvalue weighted by molar-refractivity contribution is 6.23. The third kappa shape index (κ3) is 4.00. The zero-order valence-electron chi connectivity index (χ0n) is 26.4. The molecule has 1 aromatic heterocycles. The van der Waals surface area contributed by atoms with E-state index in [1.807, 2.05) is 36.4 Å². The molecule has 0 atom stereocenters. The van der Waals surface area contributed by atoms with Gasteiger partial charge >= 0.3 is 0 Å². The number of para-hydroxylation sites is 1. The van der Waals surface area contributed by atoms with Gasteiger partial charge in [-0.25, -0.2) is 0 Å². The van der Waals surface area contributed by atoms with Crippen LogP contribution in [0.2, 0.25) is 0 Å². The molecule has 0 fully saturated rings. The predicted octanol–water partition coefficient (Wildman–Crippen LogP) is 13.1. The van der Waals surface area contributed by atoms with Crippen LogP contribution in [0.4, 0.5) is 0 Å². The van der Waals surface area contributed by atoms with E-state index in [1.54, 1.807) is 0 Å². The number of rotatable bonds is 3. The van der Waals surface area contributed by atoms with Crippen molar-refractivity contribution in [2.45, 2.75) is 0 Å². The zero-order chi connectivity index (χ0) is 32.5. The van der Waals surface area contributed by atoms with Crippen molar-refractivity contribution < 1.29 is 4.42 Å². The van der Waals surface area contributed by atoms with E-state index >= 15 is 0 Å². The van der Waals surface area contributed by atoms with Crippen molar-refractivity contribution >= 4 is 65.0 Å². The fraction of sp³-hybridized carbons (Fsp3) is 0. The summed E-state index contributed by atoms with van der Waals surface area (Å²) in [4.78, 5) is 0. The summed E-state index contributed by atoms with van der Waals surface area (Å²) in [5.41, 5.74) is 9.31. The second-order valence-corrected chi connectivity index (χ2v) is 12.7. The molecule has 0 bridgehead atoms. The highest BCUT2D eigenvalue weighted by Gasteiger charge is 2.21. The molecule has 2 nitrogen and oxygen atoms in total. The number of nitrogens with zero attached hydrogens (tertiary/aromatic N) is 1. The minimum atomic E-state index is 0.703. The Balaban J connectivity index is 1.26. The van der Waals surface area contributed by atoms with Crippen LogP contribution in [0.3, 0.4) is 0 Å². The Morgan fingerprint density at radius 3 is 1.39 bits per heavy atom. The Bertz CT molecular complexity index is 2880. The molecule has 9 aromatic carbocycles. The van der Waals surface area contributed by atoms with Gasteiger partial charge < -0.3 is 4.42 Å². The summed E-state index contributed by atoms with van der Waals surface area (Å²) >= 11 is 0. The Labute approximate surface area is 282 Å². The minimum Gasteiger partial charge on any atom is -0.455 e. The zero-order valence-corrected chi connectivity index (χ0v) is 26.4. The number of fused-ring (bicyclic) bond motifs is 7. The van der Waals surface area contributed by atoms with Crippen LogP contribution in [0.5, 0.6) is 0 Å². The molecular formula is C47H27NO. The van der Waals surface area contributed by atoms with E-state index in [-0.39, 0.29) is 0 Å². The second-order valence-electron chi connectivity index (χ2n) is 12.7. The molecular weight excluding hydrogens is 595 g/mol. The maximum absolute atomic E-state index is 10.2. The first kappa shape index (κ1) is 27.4. The van der Waals surface area contributed by atoms with Gasteiger partial charge in [0.05, 0.1) is 5.56 Å². The second kappa shape index (κ2) is 10.7. The lowest BCUT2D eigenvalue weighted by atomic mass is 9.86. The van der Waals surface area contributed by atoms with Crippen LogP contribution in [-0.4, -0.2) is 0 Å². The van der Waals surface area contributed by atoms with Gasteiger partial charge in [-0.3, -0.25) is 0 Å². The molecule has 0 saturated carbocycles. The van der Waals surface area contributed by atoms with E-state index in [2.05, 4.69) is 133 Å². The lowest BCUT2D eigenvalue weighted by molar-refractivity contribution is 0.670. The normalized spacial score (nSPS) is 11.7. The molecule has 226 valence electrons. The van der Waals surface area contributed by atoms with Crippen LogP contribution in [0.1, 0.15) is 5.56 Å². The summed E-state index contributed by atoms with van der Waals surface area (Å²) in [5.74, 6) is 0. The Morgan fingerprint density at radius 2 is 0.837 bits per heavy atom. The van der Waals surface area contributed by atoms with Gasteiger partial charge in [0.1, 0.15) is 17.2 Å². The summed E-state index contributed by atoms with van der Waals surface area (Å²) in [6.45, 7) is 0. The summed E-state index contributed by atoms with van der Waals surface area (Å²) in [7, 11) is 0. The summed E-state index contributed by atoms with van der Waals surface area (Å²) in [6, 6.07) is 60.2. The van der Waals surface area contributed by atoms with E-state index in [1.165, 1.54) is 38.2 Å². The molecule has 0 saturated heterocycles. The van der Waals surface area contributed by atoms with Crippen molar-refractivity contribution in [2.24, 2.45) is 0 Å². The fourth-order valence-electron chi connectivity index (χ4n) is 8.04. The molecule has 49 heavy (non-hydrogen) atoms. The molecule has 0 aliphatic heterocycles. The molecule has 0 radical (unpaired) electrons. The SMILES string of the molecule is N#Cc1c2ccccc2c(-c2cccc3c2oc2cc(-c4c5ccccc5c(-c5ccccc5)c5ccccc45)ccc23)c2ccccc12. The first-order valence-corrected chi connectivity index (χ1v) is 16.6. The van der Waals surface area contributed by atoms with Crippen molar-refractivity contribution in [3.63, 3.8) is 0 Å². The average molecular weight is 622 g/mol. The van der Waals surface area contributed by atoms with Crippen molar-refractivity contribution in [3.05, 3.63) is 169 Å². The van der Waals surface area contributed by atoms with Gasteiger partial charge in [0.15, 0.2) is 0 Å². The first-order valence-electron chi connectivity index (χ1n) is 16.6. The van der Waals surface area contributed by atoms with Crippen LogP contribution in [0.15, 0.2) is 168 Å². The lowest BCUT2D eigenvalue weighted by Gasteiger charge is -2.17. The molecule has 10 aromatic rings. The first-order chi connectivity index (χ1) is 24.3. The topological polar surface area (TPSA) is 36.9 Å². The Hall–Kier alpha value is -6.69. The van der Waals surface area contributed by atoms with E-state index in [0.717, 1.165) is 60.2 Å². The molecule has 0 aliphatic rings. The van der Waals surface area contributed by atoms with Crippen LogP contribution in [0, 0.1) is 11.3 Å². The molecule has 0 N–H and O–H groups in total. The molecule has 1 heterocycles. The summed E-state index contributed by atoms with van der Waals surface area (Å²) in [6.07, 6.45) is 0. The van der Waals surface area contributed by atoms with E-state index in [4.69, 9.17) is 4.42 Å². The molecule has 0 aliphatic carbocycles. The highest BCUT2D eigenvalue weighted by atomic mass is 16.3. The van der Waals surface area contributed by atoms with Crippen LogP contribution < -0.4 is 0 Å². The van der Waals surface area contributed by atoms with Crippen LogP contribution >= 0.6 is 0 Å². The maximum atomic E-state index is 10.2. The third-order valence-electron chi connectivity index (χ3n) is 10.1. The summed E-state index contributed by atoms with van der Waals surface area (Å²) < 4.78 is 6.91. The van der Waals surface area contributed by atoms with Crippen molar-refractivity contribution in [3.8, 4) is 39.4 Å². The average Bonchev–Trinajstić information content (AvgIpc) is 3.54. The van der Waals surface area contributed by atoms with Crippen molar-refractivity contribution in [2.75, 3.05) is 0 Å². The molecule has 0 unspecified atom stereocenters. The number of benzene rings is 9. The quantitative estimate of drug-likeness (QED) is 0.184. The molecule has 2 heteroatoms. The standard InChI is InChI=1S/C47H27NO/c48-28-42-31-15-4-6-17-34(31)46(35-18-7-5-16-32(35)42)41-24-12-23-40-33-26-25-30(27-43(33)49-47(40)41)45-38-21-10-8-19-36(38)44(29-13-2-1-3-14-29)37-20-9-11-22-39(37)45/h1-27H. The van der Waals surface area contributed by atoms with Crippen molar-refractivity contribution in [1.29, 1.82) is 5.26 Å². The van der Waals surface area contributed by atoms with Gasteiger partial charge in [0.2, 0.25) is 0 Å². The maximum Gasteiger partial charge on any atom is 0.143 e. The van der Waals surface area contributed by atoms with E-state index in [0.29, 0.717) is 5.56 Å². The molecule has 0 amide bonds. The lowest BCUT2D eigenvalue weighted by Crippen LogP contribution is -1.90. The van der Waals surface area contributed by atoms with Crippen LogP contribution in [-0.2, 0) is 0 Å². The van der Waals surface area contributed by atoms with Gasteiger partial charge in [-0.2, -0.15) is 5.26 Å². The van der Waals surface area contributed by atoms with Gasteiger partial charge in [0.25, 0.3) is 0 Å². The van der Waals surface area contributed by atoms with Gasteiger partial charge in [-0.15, -0.1) is 0 Å². The molecule has 0 spiro atoms. The van der Waals surface area contributed by atoms with Gasteiger partial charge in [-0.05, 0) is 66.7 Å². The monoisotopic (exact) mass is 621 g/mol. The largest absolute Gasteiger partial charge is 0.455 e. The van der Waals surface area contributed by atoms with E-state index in [9.17, 15) is 5.26 Å². The number of furan rings is 1. The smallest absolute Gasteiger partial charge is 0.143 e.